The summed E-state index contributed by atoms with van der Waals surface area (Å²) < 4.78 is 40.1. The summed E-state index contributed by atoms with van der Waals surface area (Å²) in [5, 5.41) is 4.08. The highest BCUT2D eigenvalue weighted by molar-refractivity contribution is 5.93. The number of hydrogen-bond acceptors (Lipinski definition) is 3. The minimum atomic E-state index is -4.19. The number of carbonyl (C=O) groups excluding carboxylic acids is 1. The second kappa shape index (κ2) is 7.17. The molecule has 4 nitrogen and oxygen atoms in total. The molecule has 3 rings (SSSR count). The number of halogens is 3. The zero-order valence-corrected chi connectivity index (χ0v) is 14.1. The van der Waals surface area contributed by atoms with Crippen molar-refractivity contribution in [3.8, 4) is 0 Å². The van der Waals surface area contributed by atoms with Crippen LogP contribution in [0, 0.1) is 0 Å². The smallest absolute Gasteiger partial charge is 0.314 e. The second-order valence-electron chi connectivity index (χ2n) is 6.45. The lowest BCUT2D eigenvalue weighted by molar-refractivity contribution is -0.138. The Hall–Kier alpha value is -1.86. The molecule has 1 N–H and O–H groups in total. The second-order valence-corrected chi connectivity index (χ2v) is 6.45. The molecule has 1 saturated heterocycles. The molecule has 0 saturated carbocycles. The SMILES string of the molecule is CC(=O)n1cc([C@H](CCC(F)(F)F)N2CCNCC2)c2ccccc21. The summed E-state index contributed by atoms with van der Waals surface area (Å²) in [6, 6.07) is 7.05. The molecule has 1 atom stereocenters. The molecular formula is C18H22F3N3O. The third kappa shape index (κ3) is 4.04. The number of hydrogen-bond donors (Lipinski definition) is 1. The first-order valence-electron chi connectivity index (χ1n) is 8.49. The van der Waals surface area contributed by atoms with Crippen LogP contribution in [0.5, 0.6) is 0 Å². The van der Waals surface area contributed by atoms with Crippen LogP contribution in [0.3, 0.4) is 0 Å². The first-order valence-corrected chi connectivity index (χ1v) is 8.49. The lowest BCUT2D eigenvalue weighted by Crippen LogP contribution is -2.45. The fraction of sp³-hybridized carbons (Fsp3) is 0.500. The molecule has 0 amide bonds. The van der Waals surface area contributed by atoms with Gasteiger partial charge in [-0.3, -0.25) is 14.3 Å². The van der Waals surface area contributed by atoms with Gasteiger partial charge in [-0.25, -0.2) is 0 Å². The molecule has 0 aliphatic carbocycles. The van der Waals surface area contributed by atoms with Crippen LogP contribution in [-0.2, 0) is 0 Å². The first kappa shape index (κ1) is 17.9. The third-order valence-corrected chi connectivity index (χ3v) is 4.73. The van der Waals surface area contributed by atoms with Gasteiger partial charge in [-0.15, -0.1) is 0 Å². The van der Waals surface area contributed by atoms with Gasteiger partial charge in [0.15, 0.2) is 0 Å². The molecule has 2 heterocycles. The summed E-state index contributed by atoms with van der Waals surface area (Å²) in [5.74, 6) is -0.141. The van der Waals surface area contributed by atoms with E-state index in [-0.39, 0.29) is 18.4 Å². The number of para-hydroxylation sites is 1. The molecule has 0 unspecified atom stereocenters. The van der Waals surface area contributed by atoms with Gasteiger partial charge in [0.05, 0.1) is 5.52 Å². The lowest BCUT2D eigenvalue weighted by atomic mass is 9.98. The Labute approximate surface area is 144 Å². The molecule has 1 aliphatic rings. The largest absolute Gasteiger partial charge is 0.389 e. The number of aromatic nitrogens is 1. The van der Waals surface area contributed by atoms with Crippen molar-refractivity contribution >= 4 is 16.8 Å². The van der Waals surface area contributed by atoms with E-state index in [1.165, 1.54) is 11.5 Å². The van der Waals surface area contributed by atoms with Crippen molar-refractivity contribution in [1.29, 1.82) is 0 Å². The topological polar surface area (TPSA) is 37.3 Å². The van der Waals surface area contributed by atoms with Gasteiger partial charge in [0.25, 0.3) is 0 Å². The minimum Gasteiger partial charge on any atom is -0.314 e. The van der Waals surface area contributed by atoms with E-state index in [1.54, 1.807) is 6.20 Å². The van der Waals surface area contributed by atoms with Crippen LogP contribution in [-0.4, -0.2) is 47.7 Å². The summed E-state index contributed by atoms with van der Waals surface area (Å²) in [6.45, 7) is 4.37. The van der Waals surface area contributed by atoms with Crippen molar-refractivity contribution in [3.63, 3.8) is 0 Å². The molecule has 1 aliphatic heterocycles. The van der Waals surface area contributed by atoms with Crippen LogP contribution in [0.2, 0.25) is 0 Å². The maximum atomic E-state index is 12.9. The Bertz CT molecular complexity index is 748. The predicted octanol–water partition coefficient (Wildman–Crippen LogP) is 3.59. The number of carbonyl (C=O) groups is 1. The van der Waals surface area contributed by atoms with Gasteiger partial charge in [-0.1, -0.05) is 18.2 Å². The monoisotopic (exact) mass is 353 g/mol. The van der Waals surface area contributed by atoms with Crippen molar-refractivity contribution < 1.29 is 18.0 Å². The van der Waals surface area contributed by atoms with Crippen LogP contribution in [0.4, 0.5) is 13.2 Å². The Balaban J connectivity index is 2.02. The number of nitrogens with one attached hydrogen (secondary N) is 1. The van der Waals surface area contributed by atoms with E-state index >= 15 is 0 Å². The Kier molecular flexibility index (Phi) is 5.15. The van der Waals surface area contributed by atoms with Gasteiger partial charge >= 0.3 is 6.18 Å². The van der Waals surface area contributed by atoms with E-state index in [2.05, 4.69) is 10.2 Å². The summed E-state index contributed by atoms with van der Waals surface area (Å²) in [6.07, 6.45) is -3.31. The van der Waals surface area contributed by atoms with Crippen molar-refractivity contribution in [2.45, 2.75) is 32.0 Å². The molecule has 2 aromatic rings. The lowest BCUT2D eigenvalue weighted by Gasteiger charge is -2.35. The highest BCUT2D eigenvalue weighted by Gasteiger charge is 2.32. The van der Waals surface area contributed by atoms with E-state index in [1.807, 2.05) is 24.3 Å². The molecule has 7 heteroatoms. The number of nitrogens with zero attached hydrogens (tertiary/aromatic N) is 2. The van der Waals surface area contributed by atoms with Crippen LogP contribution < -0.4 is 5.32 Å². The highest BCUT2D eigenvalue weighted by atomic mass is 19.4. The van der Waals surface area contributed by atoms with Gasteiger partial charge in [0.2, 0.25) is 5.91 Å². The average molecular weight is 353 g/mol. The summed E-state index contributed by atoms with van der Waals surface area (Å²) >= 11 is 0. The van der Waals surface area contributed by atoms with Crippen LogP contribution >= 0.6 is 0 Å². The molecule has 1 aromatic heterocycles. The number of benzene rings is 1. The van der Waals surface area contributed by atoms with Gasteiger partial charge < -0.3 is 5.32 Å². The van der Waals surface area contributed by atoms with Gasteiger partial charge in [0, 0.05) is 57.1 Å². The number of rotatable bonds is 4. The Morgan fingerprint density at radius 2 is 1.92 bits per heavy atom. The van der Waals surface area contributed by atoms with Crippen molar-refractivity contribution in [2.75, 3.05) is 26.2 Å². The zero-order valence-electron chi connectivity index (χ0n) is 14.1. The normalized spacial score (nSPS) is 17.8. The molecular weight excluding hydrogens is 331 g/mol. The fourth-order valence-corrected chi connectivity index (χ4v) is 3.56. The Morgan fingerprint density at radius 1 is 1.24 bits per heavy atom. The predicted molar refractivity (Wildman–Crippen MR) is 90.7 cm³/mol. The number of alkyl halides is 3. The molecule has 0 radical (unpaired) electrons. The van der Waals surface area contributed by atoms with Crippen LogP contribution in [0.25, 0.3) is 10.9 Å². The third-order valence-electron chi connectivity index (χ3n) is 4.73. The summed E-state index contributed by atoms with van der Waals surface area (Å²) in [4.78, 5) is 14.0. The summed E-state index contributed by atoms with van der Waals surface area (Å²) in [7, 11) is 0. The summed E-state index contributed by atoms with van der Waals surface area (Å²) in [5.41, 5.74) is 1.55. The fourth-order valence-electron chi connectivity index (χ4n) is 3.56. The molecule has 0 bridgehead atoms. The standard InChI is InChI=1S/C18H22F3N3O/c1-13(25)24-12-15(14-4-2-3-5-17(14)24)16(6-7-18(19,20)21)23-10-8-22-9-11-23/h2-5,12,16,22H,6-11H2,1H3/t16-/m0/s1. The minimum absolute atomic E-state index is 0.00455. The average Bonchev–Trinajstić information content (AvgIpc) is 2.95. The molecule has 136 valence electrons. The van der Waals surface area contributed by atoms with Crippen LogP contribution in [0.1, 0.15) is 36.2 Å². The van der Waals surface area contributed by atoms with E-state index in [4.69, 9.17) is 0 Å². The number of piperazine rings is 1. The number of fused-ring (bicyclic) bond motifs is 1. The van der Waals surface area contributed by atoms with Gasteiger partial charge in [0.1, 0.15) is 0 Å². The Morgan fingerprint density at radius 3 is 2.56 bits per heavy atom. The van der Waals surface area contributed by atoms with Crippen LogP contribution in [0.15, 0.2) is 30.5 Å². The molecule has 25 heavy (non-hydrogen) atoms. The molecule has 1 aromatic carbocycles. The van der Waals surface area contributed by atoms with Crippen molar-refractivity contribution in [1.82, 2.24) is 14.8 Å². The molecule has 1 fully saturated rings. The van der Waals surface area contributed by atoms with Gasteiger partial charge in [-0.05, 0) is 18.1 Å². The van der Waals surface area contributed by atoms with Crippen molar-refractivity contribution in [3.05, 3.63) is 36.0 Å². The first-order chi connectivity index (χ1) is 11.9. The van der Waals surface area contributed by atoms with E-state index < -0.39 is 12.6 Å². The zero-order chi connectivity index (χ0) is 18.0. The molecule has 0 spiro atoms. The maximum Gasteiger partial charge on any atom is 0.389 e. The highest BCUT2D eigenvalue weighted by Crippen LogP contribution is 2.36. The van der Waals surface area contributed by atoms with Crippen molar-refractivity contribution in [2.24, 2.45) is 0 Å². The van der Waals surface area contributed by atoms with E-state index in [9.17, 15) is 18.0 Å². The van der Waals surface area contributed by atoms with E-state index in [0.29, 0.717) is 13.1 Å². The quantitative estimate of drug-likeness (QED) is 0.913. The maximum absolute atomic E-state index is 12.9. The van der Waals surface area contributed by atoms with Gasteiger partial charge in [-0.2, -0.15) is 13.2 Å². The van der Waals surface area contributed by atoms with E-state index in [0.717, 1.165) is 29.6 Å².